The fraction of sp³-hybridized carbons (Fsp3) is 0.200. The zero-order valence-electron chi connectivity index (χ0n) is 12.3. The number of aryl methyl sites for hydroxylation is 2. The first-order valence-electron chi connectivity index (χ1n) is 6.74. The highest BCUT2D eigenvalue weighted by Crippen LogP contribution is 2.23. The summed E-state index contributed by atoms with van der Waals surface area (Å²) >= 11 is 1.42. The Morgan fingerprint density at radius 2 is 1.95 bits per heavy atom. The Hall–Kier alpha value is -2.41. The highest BCUT2D eigenvalue weighted by Gasteiger charge is 2.11. The lowest BCUT2D eigenvalue weighted by atomic mass is 10.1. The Morgan fingerprint density at radius 1 is 1.14 bits per heavy atom. The van der Waals surface area contributed by atoms with E-state index in [1.807, 2.05) is 38.1 Å². The normalized spacial score (nSPS) is 10.8. The van der Waals surface area contributed by atoms with Gasteiger partial charge < -0.3 is 10.3 Å². The van der Waals surface area contributed by atoms with Crippen LogP contribution in [0.4, 0.5) is 5.82 Å². The van der Waals surface area contributed by atoms with E-state index in [1.54, 1.807) is 6.07 Å². The van der Waals surface area contributed by atoms with Gasteiger partial charge >= 0.3 is 0 Å². The van der Waals surface area contributed by atoms with Crippen LogP contribution in [0.3, 0.4) is 0 Å². The Bertz CT molecular complexity index is 782. The minimum absolute atomic E-state index is 0.459. The van der Waals surface area contributed by atoms with Crippen molar-refractivity contribution in [1.82, 2.24) is 20.1 Å². The summed E-state index contributed by atoms with van der Waals surface area (Å²) in [4.78, 5) is 12.9. The molecule has 7 heteroatoms. The maximum atomic E-state index is 5.71. The van der Waals surface area contributed by atoms with Gasteiger partial charge in [0, 0.05) is 17.3 Å². The van der Waals surface area contributed by atoms with E-state index >= 15 is 0 Å². The van der Waals surface area contributed by atoms with E-state index in [1.165, 1.54) is 11.8 Å². The lowest BCUT2D eigenvalue weighted by molar-refractivity contribution is 0.391. The van der Waals surface area contributed by atoms with Gasteiger partial charge in [-0.05, 0) is 19.4 Å². The van der Waals surface area contributed by atoms with Gasteiger partial charge in [-0.3, -0.25) is 0 Å². The molecule has 2 aromatic heterocycles. The third-order valence-corrected chi connectivity index (χ3v) is 3.86. The number of nitrogens with zero attached hydrogens (tertiary/aromatic N) is 4. The first kappa shape index (κ1) is 14.5. The van der Waals surface area contributed by atoms with Crippen LogP contribution < -0.4 is 5.73 Å². The summed E-state index contributed by atoms with van der Waals surface area (Å²) in [6, 6.07) is 9.66. The standard InChI is InChI=1S/C15H15N5OS/c1-9-5-3-4-6-11(9)14-19-13(21-20-14)8-22-15-17-10(2)7-12(16)18-15/h3-7H,8H2,1-2H3,(H2,16,17,18). The Balaban J connectivity index is 1.73. The van der Waals surface area contributed by atoms with Crippen molar-refractivity contribution in [3.63, 3.8) is 0 Å². The van der Waals surface area contributed by atoms with Gasteiger partial charge in [-0.2, -0.15) is 4.98 Å². The van der Waals surface area contributed by atoms with Crippen LogP contribution in [-0.2, 0) is 5.75 Å². The average molecular weight is 313 g/mol. The predicted molar refractivity (Wildman–Crippen MR) is 85.2 cm³/mol. The third kappa shape index (κ3) is 3.25. The molecule has 6 nitrogen and oxygen atoms in total. The van der Waals surface area contributed by atoms with Crippen molar-refractivity contribution < 1.29 is 4.52 Å². The van der Waals surface area contributed by atoms with Gasteiger partial charge in [0.05, 0.1) is 5.75 Å². The highest BCUT2D eigenvalue weighted by atomic mass is 32.2. The lowest BCUT2D eigenvalue weighted by Crippen LogP contribution is -1.96. The van der Waals surface area contributed by atoms with Gasteiger partial charge in [-0.25, -0.2) is 9.97 Å². The van der Waals surface area contributed by atoms with Crippen LogP contribution in [0.2, 0.25) is 0 Å². The zero-order valence-corrected chi connectivity index (χ0v) is 13.1. The second kappa shape index (κ2) is 6.15. The fourth-order valence-corrected chi connectivity index (χ4v) is 2.75. The van der Waals surface area contributed by atoms with E-state index in [-0.39, 0.29) is 0 Å². The first-order valence-corrected chi connectivity index (χ1v) is 7.73. The van der Waals surface area contributed by atoms with Gasteiger partial charge in [0.2, 0.25) is 11.7 Å². The summed E-state index contributed by atoms with van der Waals surface area (Å²) in [6.45, 7) is 3.90. The monoisotopic (exact) mass is 313 g/mol. The summed E-state index contributed by atoms with van der Waals surface area (Å²) in [5.41, 5.74) is 8.62. The van der Waals surface area contributed by atoms with Crippen LogP contribution in [0, 0.1) is 13.8 Å². The summed E-state index contributed by atoms with van der Waals surface area (Å²) in [7, 11) is 0. The molecule has 0 aliphatic rings. The summed E-state index contributed by atoms with van der Waals surface area (Å²) in [5.74, 6) is 2.09. The highest BCUT2D eigenvalue weighted by molar-refractivity contribution is 7.98. The molecule has 0 fully saturated rings. The minimum atomic E-state index is 0.459. The predicted octanol–water partition coefficient (Wildman–Crippen LogP) is 3.02. The molecule has 3 aromatic rings. The molecule has 2 N–H and O–H groups in total. The molecular formula is C15H15N5OS. The van der Waals surface area contributed by atoms with Crippen LogP contribution in [0.15, 0.2) is 40.0 Å². The smallest absolute Gasteiger partial charge is 0.237 e. The molecule has 0 aliphatic carbocycles. The molecule has 0 radical (unpaired) electrons. The summed E-state index contributed by atoms with van der Waals surface area (Å²) < 4.78 is 5.29. The van der Waals surface area contributed by atoms with Gasteiger partial charge in [0.15, 0.2) is 5.16 Å². The van der Waals surface area contributed by atoms with Crippen molar-refractivity contribution in [3.8, 4) is 11.4 Å². The molecule has 0 saturated heterocycles. The first-order chi connectivity index (χ1) is 10.6. The largest absolute Gasteiger partial charge is 0.384 e. The molecule has 0 unspecified atom stereocenters. The number of thioether (sulfide) groups is 1. The molecule has 3 rings (SSSR count). The van der Waals surface area contributed by atoms with E-state index in [0.717, 1.165) is 16.8 Å². The number of rotatable bonds is 4. The van der Waals surface area contributed by atoms with Crippen LogP contribution in [-0.4, -0.2) is 20.1 Å². The summed E-state index contributed by atoms with van der Waals surface area (Å²) in [6.07, 6.45) is 0. The van der Waals surface area contributed by atoms with E-state index in [2.05, 4.69) is 20.1 Å². The molecule has 0 amide bonds. The van der Waals surface area contributed by atoms with Crippen LogP contribution in [0.5, 0.6) is 0 Å². The number of nitrogens with two attached hydrogens (primary N) is 1. The number of nitrogen functional groups attached to an aromatic ring is 1. The van der Waals surface area contributed by atoms with Crippen LogP contribution in [0.1, 0.15) is 17.1 Å². The van der Waals surface area contributed by atoms with Crippen molar-refractivity contribution >= 4 is 17.6 Å². The number of benzene rings is 1. The molecule has 22 heavy (non-hydrogen) atoms. The second-order valence-corrected chi connectivity index (χ2v) is 5.77. The van der Waals surface area contributed by atoms with Crippen molar-refractivity contribution in [2.45, 2.75) is 24.8 Å². The van der Waals surface area contributed by atoms with Crippen molar-refractivity contribution in [3.05, 3.63) is 47.5 Å². The van der Waals surface area contributed by atoms with E-state index in [9.17, 15) is 0 Å². The molecule has 1 aromatic carbocycles. The molecule has 0 aliphatic heterocycles. The number of hydrogen-bond acceptors (Lipinski definition) is 7. The molecule has 0 spiro atoms. The Labute approximate surface area is 132 Å². The quantitative estimate of drug-likeness (QED) is 0.584. The van der Waals surface area contributed by atoms with E-state index in [0.29, 0.717) is 28.4 Å². The zero-order chi connectivity index (χ0) is 15.5. The number of aromatic nitrogens is 4. The van der Waals surface area contributed by atoms with Gasteiger partial charge in [-0.1, -0.05) is 41.2 Å². The van der Waals surface area contributed by atoms with Gasteiger partial charge in [-0.15, -0.1) is 0 Å². The average Bonchev–Trinajstić information content (AvgIpc) is 2.93. The Morgan fingerprint density at radius 3 is 2.73 bits per heavy atom. The van der Waals surface area contributed by atoms with Crippen molar-refractivity contribution in [2.24, 2.45) is 0 Å². The van der Waals surface area contributed by atoms with Gasteiger partial charge in [0.25, 0.3) is 0 Å². The number of hydrogen-bond donors (Lipinski definition) is 1. The molecule has 0 bridgehead atoms. The molecule has 112 valence electrons. The van der Waals surface area contributed by atoms with Crippen molar-refractivity contribution in [1.29, 1.82) is 0 Å². The Kier molecular flexibility index (Phi) is 4.06. The number of anilines is 1. The third-order valence-electron chi connectivity index (χ3n) is 3.03. The lowest BCUT2D eigenvalue weighted by Gasteiger charge is -2.00. The molecular weight excluding hydrogens is 298 g/mol. The van der Waals surface area contributed by atoms with E-state index < -0.39 is 0 Å². The van der Waals surface area contributed by atoms with E-state index in [4.69, 9.17) is 10.3 Å². The van der Waals surface area contributed by atoms with Crippen molar-refractivity contribution in [2.75, 3.05) is 5.73 Å². The SMILES string of the molecule is Cc1cc(N)nc(SCc2nc(-c3ccccc3C)no2)n1. The second-order valence-electron chi connectivity index (χ2n) is 4.83. The van der Waals surface area contributed by atoms with Crippen LogP contribution >= 0.6 is 11.8 Å². The molecule has 2 heterocycles. The maximum Gasteiger partial charge on any atom is 0.237 e. The van der Waals surface area contributed by atoms with Crippen LogP contribution in [0.25, 0.3) is 11.4 Å². The van der Waals surface area contributed by atoms with Gasteiger partial charge in [0.1, 0.15) is 5.82 Å². The summed E-state index contributed by atoms with van der Waals surface area (Å²) in [5, 5.41) is 4.63. The maximum absolute atomic E-state index is 5.71. The minimum Gasteiger partial charge on any atom is -0.384 e. The molecule has 0 saturated carbocycles. The topological polar surface area (TPSA) is 90.7 Å². The molecule has 0 atom stereocenters. The fourth-order valence-electron chi connectivity index (χ4n) is 2.00.